The lowest BCUT2D eigenvalue weighted by Gasteiger charge is -2.18. The van der Waals surface area contributed by atoms with Crippen LogP contribution in [0.5, 0.6) is 0 Å². The van der Waals surface area contributed by atoms with Crippen molar-refractivity contribution in [3.63, 3.8) is 0 Å². The molecule has 2 aromatic rings. The summed E-state index contributed by atoms with van der Waals surface area (Å²) in [6.07, 6.45) is 3.53. The zero-order valence-electron chi connectivity index (χ0n) is 11.7. The standard InChI is InChI=1S/C16H18ClFN2/c1-3-11-7-8-12(20-10-11)9-15(19-2)13-5-4-6-14(18)16(13)17/h4-8,10,15,19H,3,9H2,1-2H3. The SMILES string of the molecule is CCc1ccc(CC(NC)c2cccc(F)c2Cl)nc1. The van der Waals surface area contributed by atoms with Crippen LogP contribution in [0.4, 0.5) is 4.39 Å². The quantitative estimate of drug-likeness (QED) is 0.903. The zero-order valence-corrected chi connectivity index (χ0v) is 12.4. The average molecular weight is 293 g/mol. The second-order valence-corrected chi connectivity index (χ2v) is 5.08. The van der Waals surface area contributed by atoms with E-state index in [4.69, 9.17) is 11.6 Å². The Kier molecular flexibility index (Phi) is 5.10. The minimum Gasteiger partial charge on any atom is -0.313 e. The molecular formula is C16H18ClFN2. The fourth-order valence-corrected chi connectivity index (χ4v) is 2.41. The van der Waals surface area contributed by atoms with Crippen molar-refractivity contribution in [2.75, 3.05) is 7.05 Å². The molecule has 0 spiro atoms. The summed E-state index contributed by atoms with van der Waals surface area (Å²) in [5.41, 5.74) is 2.93. The van der Waals surface area contributed by atoms with Crippen molar-refractivity contribution >= 4 is 11.6 Å². The van der Waals surface area contributed by atoms with Crippen LogP contribution >= 0.6 is 11.6 Å². The van der Waals surface area contributed by atoms with Crippen molar-refractivity contribution in [2.45, 2.75) is 25.8 Å². The van der Waals surface area contributed by atoms with Gasteiger partial charge in [0.1, 0.15) is 5.82 Å². The monoisotopic (exact) mass is 292 g/mol. The Morgan fingerprint density at radius 1 is 1.30 bits per heavy atom. The van der Waals surface area contributed by atoms with Crippen LogP contribution in [0.2, 0.25) is 5.02 Å². The number of hydrogen-bond acceptors (Lipinski definition) is 2. The van der Waals surface area contributed by atoms with Gasteiger partial charge >= 0.3 is 0 Å². The molecule has 0 aliphatic rings. The van der Waals surface area contributed by atoms with E-state index >= 15 is 0 Å². The highest BCUT2D eigenvalue weighted by Crippen LogP contribution is 2.27. The van der Waals surface area contributed by atoms with Gasteiger partial charge in [-0.05, 0) is 36.7 Å². The maximum absolute atomic E-state index is 13.5. The van der Waals surface area contributed by atoms with Gasteiger partial charge in [-0.1, -0.05) is 36.7 Å². The van der Waals surface area contributed by atoms with Crippen LogP contribution in [0.1, 0.15) is 29.8 Å². The van der Waals surface area contributed by atoms with E-state index in [2.05, 4.69) is 23.3 Å². The van der Waals surface area contributed by atoms with E-state index in [-0.39, 0.29) is 11.1 Å². The van der Waals surface area contributed by atoms with Crippen LogP contribution in [0.25, 0.3) is 0 Å². The molecule has 0 saturated carbocycles. The second-order valence-electron chi connectivity index (χ2n) is 4.70. The largest absolute Gasteiger partial charge is 0.313 e. The summed E-state index contributed by atoms with van der Waals surface area (Å²) in [4.78, 5) is 4.44. The van der Waals surface area contributed by atoms with Gasteiger partial charge in [0, 0.05) is 24.4 Å². The summed E-state index contributed by atoms with van der Waals surface area (Å²) in [5.74, 6) is -0.390. The number of aryl methyl sites for hydroxylation is 1. The first-order valence-electron chi connectivity index (χ1n) is 6.70. The predicted octanol–water partition coefficient (Wildman–Crippen LogP) is 3.94. The van der Waals surface area contributed by atoms with Crippen LogP contribution in [-0.2, 0) is 12.8 Å². The maximum atomic E-state index is 13.5. The van der Waals surface area contributed by atoms with E-state index in [9.17, 15) is 4.39 Å². The van der Waals surface area contributed by atoms with Gasteiger partial charge < -0.3 is 5.32 Å². The molecule has 4 heteroatoms. The van der Waals surface area contributed by atoms with Gasteiger partial charge in [-0.3, -0.25) is 4.98 Å². The minimum atomic E-state index is -0.390. The molecule has 1 N–H and O–H groups in total. The predicted molar refractivity (Wildman–Crippen MR) is 80.5 cm³/mol. The van der Waals surface area contributed by atoms with Gasteiger partial charge in [-0.15, -0.1) is 0 Å². The molecule has 0 bridgehead atoms. The van der Waals surface area contributed by atoms with E-state index < -0.39 is 5.82 Å². The Bertz CT molecular complexity index is 569. The molecule has 1 heterocycles. The van der Waals surface area contributed by atoms with Gasteiger partial charge in [-0.25, -0.2) is 4.39 Å². The van der Waals surface area contributed by atoms with E-state index in [1.54, 1.807) is 6.07 Å². The Labute approximate surface area is 124 Å². The highest BCUT2D eigenvalue weighted by atomic mass is 35.5. The molecule has 1 unspecified atom stereocenters. The van der Waals surface area contributed by atoms with Crippen molar-refractivity contribution in [2.24, 2.45) is 0 Å². The van der Waals surface area contributed by atoms with Crippen molar-refractivity contribution in [3.8, 4) is 0 Å². The third-order valence-corrected chi connectivity index (χ3v) is 3.81. The summed E-state index contributed by atoms with van der Waals surface area (Å²) >= 11 is 6.05. The number of likely N-dealkylation sites (N-methyl/N-ethyl adjacent to an activating group) is 1. The normalized spacial score (nSPS) is 12.4. The molecule has 1 atom stereocenters. The number of benzene rings is 1. The van der Waals surface area contributed by atoms with Gasteiger partial charge in [0.2, 0.25) is 0 Å². The minimum absolute atomic E-state index is 0.0572. The Balaban J connectivity index is 2.21. The van der Waals surface area contributed by atoms with E-state index in [0.717, 1.165) is 17.7 Å². The summed E-state index contributed by atoms with van der Waals surface area (Å²) in [5, 5.41) is 3.35. The van der Waals surface area contributed by atoms with Crippen LogP contribution < -0.4 is 5.32 Å². The third-order valence-electron chi connectivity index (χ3n) is 3.41. The number of nitrogens with zero attached hydrogens (tertiary/aromatic N) is 1. The third kappa shape index (κ3) is 3.35. The van der Waals surface area contributed by atoms with Crippen molar-refractivity contribution < 1.29 is 4.39 Å². The van der Waals surface area contributed by atoms with Crippen molar-refractivity contribution in [1.82, 2.24) is 10.3 Å². The van der Waals surface area contributed by atoms with Crippen LogP contribution in [-0.4, -0.2) is 12.0 Å². The number of halogens is 2. The molecule has 20 heavy (non-hydrogen) atoms. The second kappa shape index (κ2) is 6.82. The molecule has 0 saturated heterocycles. The zero-order chi connectivity index (χ0) is 14.5. The molecular weight excluding hydrogens is 275 g/mol. The molecule has 0 aliphatic carbocycles. The van der Waals surface area contributed by atoms with Crippen LogP contribution in [0, 0.1) is 5.82 Å². The van der Waals surface area contributed by atoms with Gasteiger partial charge in [0.15, 0.2) is 0 Å². The molecule has 106 valence electrons. The lowest BCUT2D eigenvalue weighted by atomic mass is 10.0. The summed E-state index contributed by atoms with van der Waals surface area (Å²) in [6, 6.07) is 8.91. The number of rotatable bonds is 5. The molecule has 0 amide bonds. The first kappa shape index (κ1) is 14.9. The average Bonchev–Trinajstić information content (AvgIpc) is 2.48. The Morgan fingerprint density at radius 2 is 2.10 bits per heavy atom. The molecule has 0 radical (unpaired) electrons. The lowest BCUT2D eigenvalue weighted by Crippen LogP contribution is -2.20. The Hall–Kier alpha value is -1.45. The fraction of sp³-hybridized carbons (Fsp3) is 0.312. The summed E-state index contributed by atoms with van der Waals surface area (Å²) in [6.45, 7) is 2.10. The van der Waals surface area contributed by atoms with E-state index in [1.165, 1.54) is 11.6 Å². The summed E-state index contributed by atoms with van der Waals surface area (Å²) in [7, 11) is 1.84. The molecule has 0 fully saturated rings. The summed E-state index contributed by atoms with van der Waals surface area (Å²) < 4.78 is 13.5. The van der Waals surface area contributed by atoms with Gasteiger partial charge in [0.25, 0.3) is 0 Å². The molecule has 2 nitrogen and oxygen atoms in total. The first-order chi connectivity index (χ1) is 9.65. The lowest BCUT2D eigenvalue weighted by molar-refractivity contribution is 0.572. The molecule has 0 aliphatic heterocycles. The maximum Gasteiger partial charge on any atom is 0.142 e. The van der Waals surface area contributed by atoms with Crippen LogP contribution in [0.15, 0.2) is 36.5 Å². The fourth-order valence-electron chi connectivity index (χ4n) is 2.15. The highest BCUT2D eigenvalue weighted by molar-refractivity contribution is 6.31. The molecule has 1 aromatic carbocycles. The number of hydrogen-bond donors (Lipinski definition) is 1. The number of nitrogens with one attached hydrogen (secondary N) is 1. The highest BCUT2D eigenvalue weighted by Gasteiger charge is 2.16. The van der Waals surface area contributed by atoms with Gasteiger partial charge in [0.05, 0.1) is 5.02 Å². The topological polar surface area (TPSA) is 24.9 Å². The number of aromatic nitrogens is 1. The van der Waals surface area contributed by atoms with E-state index in [0.29, 0.717) is 6.42 Å². The van der Waals surface area contributed by atoms with E-state index in [1.807, 2.05) is 25.4 Å². The van der Waals surface area contributed by atoms with Crippen molar-refractivity contribution in [1.29, 1.82) is 0 Å². The molecule has 1 aromatic heterocycles. The van der Waals surface area contributed by atoms with Crippen molar-refractivity contribution in [3.05, 3.63) is 64.2 Å². The Morgan fingerprint density at radius 3 is 2.70 bits per heavy atom. The smallest absolute Gasteiger partial charge is 0.142 e. The van der Waals surface area contributed by atoms with Gasteiger partial charge in [-0.2, -0.15) is 0 Å². The first-order valence-corrected chi connectivity index (χ1v) is 7.08. The van der Waals surface area contributed by atoms with Crippen LogP contribution in [0.3, 0.4) is 0 Å². The number of pyridine rings is 1. The molecule has 2 rings (SSSR count).